The SMILES string of the molecule is CC(=O)O[C@@H](C)C(=O)Nc1cccc([C@H]2O[C@@H](CSc3ncccc3C(=O)O)[C@@H](C)[C@@H](c3ccc(CO)cc3)O2)c1. The van der Waals surface area contributed by atoms with E-state index in [1.807, 2.05) is 37.3 Å². The van der Waals surface area contributed by atoms with E-state index in [4.69, 9.17) is 14.2 Å². The Bertz CT molecular complexity index is 1380. The van der Waals surface area contributed by atoms with Gasteiger partial charge in [0.25, 0.3) is 5.91 Å². The van der Waals surface area contributed by atoms with Crippen molar-refractivity contribution in [3.8, 4) is 0 Å². The van der Waals surface area contributed by atoms with Gasteiger partial charge in [0.05, 0.1) is 24.4 Å². The molecule has 0 bridgehead atoms. The molecule has 0 radical (unpaired) electrons. The van der Waals surface area contributed by atoms with Crippen LogP contribution in [0.2, 0.25) is 0 Å². The fourth-order valence-corrected chi connectivity index (χ4v) is 5.60. The van der Waals surface area contributed by atoms with Crippen molar-refractivity contribution in [2.45, 2.75) is 57.0 Å². The fraction of sp³-hybridized carbons (Fsp3) is 0.333. The average Bonchev–Trinajstić information content (AvgIpc) is 2.96. The molecule has 1 saturated heterocycles. The van der Waals surface area contributed by atoms with E-state index >= 15 is 0 Å². The molecule has 5 atom stereocenters. The number of benzene rings is 2. The number of thioether (sulfide) groups is 1. The van der Waals surface area contributed by atoms with E-state index in [9.17, 15) is 24.6 Å². The standard InChI is InChI=1S/C30H32N2O8S/c1-17-25(16-41-28-24(29(36)37)8-5-13-31-28)39-30(40-26(17)21-11-9-20(15-33)10-12-21)22-6-4-7-23(14-22)32-27(35)18(2)38-19(3)34/h4-14,17-18,25-26,30,33H,15-16H2,1-3H3,(H,32,35)(H,36,37)/t17-,18+,25+,26+,30+/m1/s1. The van der Waals surface area contributed by atoms with Gasteiger partial charge in [-0.1, -0.05) is 43.3 Å². The zero-order chi connectivity index (χ0) is 29.5. The van der Waals surface area contributed by atoms with Crippen molar-refractivity contribution in [3.63, 3.8) is 0 Å². The monoisotopic (exact) mass is 580 g/mol. The summed E-state index contributed by atoms with van der Waals surface area (Å²) in [6.45, 7) is 4.66. The zero-order valence-electron chi connectivity index (χ0n) is 22.9. The maximum Gasteiger partial charge on any atom is 0.338 e. The molecule has 216 valence electrons. The first-order chi connectivity index (χ1) is 19.7. The Labute approximate surface area is 242 Å². The number of esters is 1. The molecule has 0 saturated carbocycles. The van der Waals surface area contributed by atoms with Gasteiger partial charge in [-0.25, -0.2) is 9.78 Å². The third-order valence-electron chi connectivity index (χ3n) is 6.65. The van der Waals surface area contributed by atoms with Gasteiger partial charge in [-0.3, -0.25) is 9.59 Å². The van der Waals surface area contributed by atoms with Crippen molar-refractivity contribution in [3.05, 3.63) is 89.1 Å². The van der Waals surface area contributed by atoms with Crippen molar-refractivity contribution in [2.75, 3.05) is 11.1 Å². The van der Waals surface area contributed by atoms with Crippen LogP contribution in [-0.2, 0) is 30.4 Å². The number of rotatable bonds is 10. The van der Waals surface area contributed by atoms with Crippen LogP contribution in [0.15, 0.2) is 71.9 Å². The van der Waals surface area contributed by atoms with Crippen LogP contribution in [0, 0.1) is 5.92 Å². The van der Waals surface area contributed by atoms with E-state index in [2.05, 4.69) is 10.3 Å². The second kappa shape index (κ2) is 13.7. The van der Waals surface area contributed by atoms with E-state index in [1.165, 1.54) is 31.7 Å². The molecule has 1 aliphatic rings. The summed E-state index contributed by atoms with van der Waals surface area (Å²) in [5.74, 6) is -1.79. The molecule has 3 aromatic rings. The summed E-state index contributed by atoms with van der Waals surface area (Å²) in [5.41, 5.74) is 2.94. The molecular formula is C30H32N2O8S. The number of nitrogens with zero attached hydrogens (tertiary/aromatic N) is 1. The molecule has 1 aromatic heterocycles. The van der Waals surface area contributed by atoms with Gasteiger partial charge in [0.1, 0.15) is 5.03 Å². The van der Waals surface area contributed by atoms with E-state index in [0.29, 0.717) is 22.0 Å². The first kappa shape index (κ1) is 30.2. The normalized spacial score (nSPS) is 21.1. The number of aromatic nitrogens is 1. The molecule has 0 spiro atoms. The number of carbonyl (C=O) groups excluding carboxylic acids is 2. The molecule has 1 fully saturated rings. The number of carboxylic acids is 1. The molecule has 41 heavy (non-hydrogen) atoms. The maximum absolute atomic E-state index is 12.5. The van der Waals surface area contributed by atoms with Crippen LogP contribution in [0.1, 0.15) is 60.2 Å². The number of anilines is 1. The Morgan fingerprint density at radius 2 is 1.83 bits per heavy atom. The molecule has 2 heterocycles. The number of hydrogen-bond acceptors (Lipinski definition) is 9. The summed E-state index contributed by atoms with van der Waals surface area (Å²) in [5, 5.41) is 22.2. The topological polar surface area (TPSA) is 144 Å². The highest BCUT2D eigenvalue weighted by Gasteiger charge is 2.38. The van der Waals surface area contributed by atoms with Crippen LogP contribution in [0.3, 0.4) is 0 Å². The number of pyridine rings is 1. The molecular weight excluding hydrogens is 548 g/mol. The second-order valence-electron chi connectivity index (χ2n) is 9.66. The highest BCUT2D eigenvalue weighted by Crippen LogP contribution is 2.43. The molecule has 3 N–H and O–H groups in total. The van der Waals surface area contributed by atoms with Gasteiger partial charge in [0.15, 0.2) is 12.4 Å². The number of ether oxygens (including phenoxy) is 3. The summed E-state index contributed by atoms with van der Waals surface area (Å²) < 4.78 is 17.8. The highest BCUT2D eigenvalue weighted by molar-refractivity contribution is 7.99. The van der Waals surface area contributed by atoms with Crippen molar-refractivity contribution in [1.29, 1.82) is 0 Å². The van der Waals surface area contributed by atoms with Gasteiger partial charge in [0, 0.05) is 36.0 Å². The third-order valence-corrected chi connectivity index (χ3v) is 7.74. The Hall–Kier alpha value is -3.77. The van der Waals surface area contributed by atoms with Gasteiger partial charge in [-0.2, -0.15) is 0 Å². The van der Waals surface area contributed by atoms with Gasteiger partial charge in [-0.05, 0) is 42.3 Å². The number of carbonyl (C=O) groups is 3. The van der Waals surface area contributed by atoms with Crippen molar-refractivity contribution < 1.29 is 38.8 Å². The number of carboxylic acid groups (broad SMARTS) is 1. The van der Waals surface area contributed by atoms with Crippen LogP contribution in [0.25, 0.3) is 0 Å². The van der Waals surface area contributed by atoms with E-state index < -0.39 is 30.2 Å². The van der Waals surface area contributed by atoms with E-state index in [1.54, 1.807) is 30.5 Å². The Morgan fingerprint density at radius 3 is 2.51 bits per heavy atom. The predicted molar refractivity (Wildman–Crippen MR) is 151 cm³/mol. The molecule has 0 unspecified atom stereocenters. The first-order valence-electron chi connectivity index (χ1n) is 13.1. The summed E-state index contributed by atoms with van der Waals surface area (Å²) in [7, 11) is 0. The van der Waals surface area contributed by atoms with Gasteiger partial charge < -0.3 is 29.7 Å². The number of aliphatic hydroxyl groups is 1. The molecule has 1 amide bonds. The number of aromatic carboxylic acids is 1. The summed E-state index contributed by atoms with van der Waals surface area (Å²) in [6, 6.07) is 17.6. The highest BCUT2D eigenvalue weighted by atomic mass is 32.2. The zero-order valence-corrected chi connectivity index (χ0v) is 23.7. The largest absolute Gasteiger partial charge is 0.478 e. The molecule has 0 aliphatic carbocycles. The average molecular weight is 581 g/mol. The number of hydrogen-bond donors (Lipinski definition) is 3. The Morgan fingerprint density at radius 1 is 1.07 bits per heavy atom. The van der Waals surface area contributed by atoms with Crippen molar-refractivity contribution in [1.82, 2.24) is 4.98 Å². The second-order valence-corrected chi connectivity index (χ2v) is 10.7. The summed E-state index contributed by atoms with van der Waals surface area (Å²) in [4.78, 5) is 39.7. The molecule has 11 heteroatoms. The van der Waals surface area contributed by atoms with Crippen LogP contribution >= 0.6 is 11.8 Å². The third kappa shape index (κ3) is 7.70. The molecule has 4 rings (SSSR count). The number of amides is 1. The quantitative estimate of drug-likeness (QED) is 0.227. The lowest BCUT2D eigenvalue weighted by Crippen LogP contribution is -2.38. The lowest BCUT2D eigenvalue weighted by atomic mass is 9.91. The summed E-state index contributed by atoms with van der Waals surface area (Å²) in [6.07, 6.45) is -0.942. The van der Waals surface area contributed by atoms with Crippen LogP contribution in [-0.4, -0.2) is 51.0 Å². The summed E-state index contributed by atoms with van der Waals surface area (Å²) >= 11 is 1.30. The van der Waals surface area contributed by atoms with Crippen molar-refractivity contribution >= 4 is 35.3 Å². The van der Waals surface area contributed by atoms with E-state index in [-0.39, 0.29) is 30.3 Å². The van der Waals surface area contributed by atoms with E-state index in [0.717, 1.165) is 11.1 Å². The fourth-order valence-electron chi connectivity index (χ4n) is 4.45. The van der Waals surface area contributed by atoms with Crippen LogP contribution in [0.4, 0.5) is 5.69 Å². The number of nitrogens with one attached hydrogen (secondary N) is 1. The van der Waals surface area contributed by atoms with Crippen molar-refractivity contribution in [2.24, 2.45) is 5.92 Å². The molecule has 10 nitrogen and oxygen atoms in total. The molecule has 2 aromatic carbocycles. The predicted octanol–water partition coefficient (Wildman–Crippen LogP) is 4.75. The first-order valence-corrected chi connectivity index (χ1v) is 14.0. The van der Waals surface area contributed by atoms with Gasteiger partial charge in [-0.15, -0.1) is 11.8 Å². The van der Waals surface area contributed by atoms with Crippen LogP contribution < -0.4 is 5.32 Å². The Balaban J connectivity index is 1.59. The smallest absolute Gasteiger partial charge is 0.338 e. The lowest BCUT2D eigenvalue weighted by molar-refractivity contribution is -0.268. The van der Waals surface area contributed by atoms with Gasteiger partial charge >= 0.3 is 11.9 Å². The lowest BCUT2D eigenvalue weighted by Gasteiger charge is -2.41. The van der Waals surface area contributed by atoms with Gasteiger partial charge in [0.2, 0.25) is 0 Å². The number of aliphatic hydroxyl groups excluding tert-OH is 1. The minimum Gasteiger partial charge on any atom is -0.478 e. The Kier molecular flexibility index (Phi) is 10.1. The van der Waals surface area contributed by atoms with Crippen LogP contribution in [0.5, 0.6) is 0 Å². The maximum atomic E-state index is 12.5. The molecule has 1 aliphatic heterocycles. The minimum atomic E-state index is -1.05. The minimum absolute atomic E-state index is 0.0725.